The summed E-state index contributed by atoms with van der Waals surface area (Å²) < 4.78 is 12.3. The van der Waals surface area contributed by atoms with E-state index in [0.717, 1.165) is 55.0 Å². The number of carbonyl (C=O) groups is 1. The Balaban J connectivity index is 1.51. The molecule has 0 spiro atoms. The van der Waals surface area contributed by atoms with Gasteiger partial charge in [-0.1, -0.05) is 40.6 Å². The van der Waals surface area contributed by atoms with Crippen LogP contribution in [-0.2, 0) is 9.53 Å². The lowest BCUT2D eigenvalue weighted by atomic mass is 10.1. The van der Waals surface area contributed by atoms with Crippen molar-refractivity contribution in [1.29, 1.82) is 0 Å². The van der Waals surface area contributed by atoms with Gasteiger partial charge in [-0.2, -0.15) is 0 Å². The van der Waals surface area contributed by atoms with Crippen LogP contribution in [0.2, 0.25) is 10.0 Å². The number of morpholine rings is 1. The molecule has 0 N–H and O–H groups in total. The van der Waals surface area contributed by atoms with Crippen molar-refractivity contribution in [3.63, 3.8) is 0 Å². The summed E-state index contributed by atoms with van der Waals surface area (Å²) >= 11 is 13.7. The van der Waals surface area contributed by atoms with Gasteiger partial charge < -0.3 is 9.47 Å². The van der Waals surface area contributed by atoms with Crippen LogP contribution < -0.4 is 9.64 Å². The van der Waals surface area contributed by atoms with Crippen LogP contribution in [0.4, 0.5) is 5.13 Å². The van der Waals surface area contributed by atoms with Gasteiger partial charge in [-0.05, 0) is 55.7 Å². The molecule has 9 heteroatoms. The smallest absolute Gasteiger partial charge is 0.266 e. The van der Waals surface area contributed by atoms with E-state index < -0.39 is 0 Å². The Hall–Kier alpha value is -1.90. The second kappa shape index (κ2) is 11.0. The molecule has 4 rings (SSSR count). The van der Waals surface area contributed by atoms with Gasteiger partial charge in [-0.15, -0.1) is 0 Å². The fourth-order valence-corrected chi connectivity index (χ4v) is 5.42. The van der Waals surface area contributed by atoms with E-state index in [4.69, 9.17) is 37.7 Å². The standard InChI is InChI=1S/C24H27Cl2N3O3S/c1-16-12-17(2)23-20(13-16)27-24(33-23)29(7-3-6-28-8-10-31-11-9-28)22(30)15-32-21-5-4-18(25)14-19(21)26/h4-5,12-14H,3,6-11,15H2,1-2H3. The number of aryl methyl sites for hydroxylation is 2. The molecule has 1 aliphatic heterocycles. The van der Waals surface area contributed by atoms with E-state index in [0.29, 0.717) is 27.5 Å². The third-order valence-electron chi connectivity index (χ3n) is 5.55. The lowest BCUT2D eigenvalue weighted by Crippen LogP contribution is -2.40. The molecule has 33 heavy (non-hydrogen) atoms. The van der Waals surface area contributed by atoms with Crippen LogP contribution in [0, 0.1) is 13.8 Å². The lowest BCUT2D eigenvalue weighted by molar-refractivity contribution is -0.120. The van der Waals surface area contributed by atoms with Gasteiger partial charge in [0.1, 0.15) is 5.75 Å². The summed E-state index contributed by atoms with van der Waals surface area (Å²) in [5.41, 5.74) is 3.24. The molecule has 2 aromatic carbocycles. The van der Waals surface area contributed by atoms with Gasteiger partial charge in [-0.3, -0.25) is 14.6 Å². The average Bonchev–Trinajstić information content (AvgIpc) is 3.20. The molecule has 2 heterocycles. The molecule has 1 saturated heterocycles. The number of benzene rings is 2. The van der Waals surface area contributed by atoms with Gasteiger partial charge in [0.05, 0.1) is 28.5 Å². The molecule has 176 valence electrons. The van der Waals surface area contributed by atoms with Crippen molar-refractivity contribution in [2.75, 3.05) is 50.9 Å². The predicted octanol–water partition coefficient (Wildman–Crippen LogP) is 5.35. The fourth-order valence-electron chi connectivity index (χ4n) is 3.89. The number of carbonyl (C=O) groups excluding carboxylic acids is 1. The van der Waals surface area contributed by atoms with Crippen LogP contribution in [0.3, 0.4) is 0 Å². The summed E-state index contributed by atoms with van der Waals surface area (Å²) in [7, 11) is 0. The van der Waals surface area contributed by atoms with Crippen LogP contribution in [0.15, 0.2) is 30.3 Å². The first-order chi connectivity index (χ1) is 15.9. The van der Waals surface area contributed by atoms with Gasteiger partial charge in [0.2, 0.25) is 0 Å². The van der Waals surface area contributed by atoms with Crippen LogP contribution in [0.5, 0.6) is 5.75 Å². The molecule has 0 aliphatic carbocycles. The van der Waals surface area contributed by atoms with Gasteiger partial charge in [-0.25, -0.2) is 4.98 Å². The fraction of sp³-hybridized carbons (Fsp3) is 0.417. The van der Waals surface area contributed by atoms with Gasteiger partial charge in [0.25, 0.3) is 5.91 Å². The Morgan fingerprint density at radius 3 is 2.76 bits per heavy atom. The molecule has 0 radical (unpaired) electrons. The molecule has 0 saturated carbocycles. The maximum atomic E-state index is 13.3. The average molecular weight is 508 g/mol. The number of hydrogen-bond acceptors (Lipinski definition) is 6. The summed E-state index contributed by atoms with van der Waals surface area (Å²) in [5.74, 6) is 0.273. The second-order valence-electron chi connectivity index (χ2n) is 8.14. The highest BCUT2D eigenvalue weighted by molar-refractivity contribution is 7.22. The lowest BCUT2D eigenvalue weighted by Gasteiger charge is -2.27. The number of hydrogen-bond donors (Lipinski definition) is 0. The molecule has 6 nitrogen and oxygen atoms in total. The number of thiazole rings is 1. The zero-order valence-corrected chi connectivity index (χ0v) is 21.1. The first-order valence-electron chi connectivity index (χ1n) is 11.0. The summed E-state index contributed by atoms with van der Waals surface area (Å²) in [6, 6.07) is 9.15. The molecule has 1 aliphatic rings. The van der Waals surface area contributed by atoms with E-state index in [1.165, 1.54) is 5.56 Å². The summed E-state index contributed by atoms with van der Waals surface area (Å²) in [6.07, 6.45) is 0.835. The monoisotopic (exact) mass is 507 g/mol. The molecule has 1 aromatic heterocycles. The number of rotatable bonds is 8. The quantitative estimate of drug-likeness (QED) is 0.411. The van der Waals surface area contributed by atoms with E-state index in [2.05, 4.69) is 30.9 Å². The summed E-state index contributed by atoms with van der Waals surface area (Å²) in [6.45, 7) is 8.83. The van der Waals surface area contributed by atoms with Crippen molar-refractivity contribution in [2.45, 2.75) is 20.3 Å². The SMILES string of the molecule is Cc1cc(C)c2sc(N(CCCN3CCOCC3)C(=O)COc3ccc(Cl)cc3Cl)nc2c1. The Morgan fingerprint density at radius 1 is 1.21 bits per heavy atom. The van der Waals surface area contributed by atoms with E-state index in [1.54, 1.807) is 34.4 Å². The Kier molecular flexibility index (Phi) is 8.09. The van der Waals surface area contributed by atoms with Crippen LogP contribution in [0.1, 0.15) is 17.5 Å². The number of nitrogens with zero attached hydrogens (tertiary/aromatic N) is 3. The summed E-state index contributed by atoms with van der Waals surface area (Å²) in [5, 5.41) is 1.58. The zero-order valence-electron chi connectivity index (χ0n) is 18.8. The van der Waals surface area contributed by atoms with Gasteiger partial charge in [0, 0.05) is 31.2 Å². The van der Waals surface area contributed by atoms with Crippen molar-refractivity contribution >= 4 is 55.8 Å². The third kappa shape index (κ3) is 6.16. The largest absolute Gasteiger partial charge is 0.482 e. The van der Waals surface area contributed by atoms with E-state index >= 15 is 0 Å². The van der Waals surface area contributed by atoms with Crippen molar-refractivity contribution < 1.29 is 14.3 Å². The number of fused-ring (bicyclic) bond motifs is 1. The Morgan fingerprint density at radius 2 is 2.00 bits per heavy atom. The number of halogens is 2. The molecule has 1 fully saturated rings. The van der Waals surface area contributed by atoms with Crippen LogP contribution in [-0.4, -0.2) is 61.8 Å². The first-order valence-corrected chi connectivity index (χ1v) is 12.5. The molecule has 0 bridgehead atoms. The van der Waals surface area contributed by atoms with E-state index in [-0.39, 0.29) is 12.5 Å². The topological polar surface area (TPSA) is 54.9 Å². The summed E-state index contributed by atoms with van der Waals surface area (Å²) in [4.78, 5) is 22.2. The van der Waals surface area contributed by atoms with Crippen molar-refractivity contribution in [3.8, 4) is 5.75 Å². The molecule has 0 unspecified atom stereocenters. The van der Waals surface area contributed by atoms with Crippen molar-refractivity contribution in [1.82, 2.24) is 9.88 Å². The van der Waals surface area contributed by atoms with Crippen LogP contribution in [0.25, 0.3) is 10.2 Å². The predicted molar refractivity (Wildman–Crippen MR) is 135 cm³/mol. The molecule has 1 amide bonds. The minimum Gasteiger partial charge on any atom is -0.482 e. The third-order valence-corrected chi connectivity index (χ3v) is 7.31. The molecule has 3 aromatic rings. The van der Waals surface area contributed by atoms with Crippen molar-refractivity contribution in [2.24, 2.45) is 0 Å². The minimum atomic E-state index is -0.156. The highest BCUT2D eigenvalue weighted by Crippen LogP contribution is 2.33. The number of amides is 1. The number of aromatic nitrogens is 1. The van der Waals surface area contributed by atoms with E-state index in [9.17, 15) is 4.79 Å². The van der Waals surface area contributed by atoms with Gasteiger partial charge >= 0.3 is 0 Å². The Labute approximate surface area is 208 Å². The minimum absolute atomic E-state index is 0.132. The molecular formula is C24H27Cl2N3O3S. The second-order valence-corrected chi connectivity index (χ2v) is 9.96. The van der Waals surface area contributed by atoms with Crippen LogP contribution >= 0.6 is 34.5 Å². The van der Waals surface area contributed by atoms with Gasteiger partial charge in [0.15, 0.2) is 11.7 Å². The first kappa shape index (κ1) is 24.2. The Bertz CT molecular complexity index is 1130. The molecular weight excluding hydrogens is 481 g/mol. The zero-order chi connectivity index (χ0) is 23.4. The maximum Gasteiger partial charge on any atom is 0.266 e. The van der Waals surface area contributed by atoms with Crippen molar-refractivity contribution in [3.05, 3.63) is 51.5 Å². The number of ether oxygens (including phenoxy) is 2. The highest BCUT2D eigenvalue weighted by Gasteiger charge is 2.22. The van der Waals surface area contributed by atoms with E-state index in [1.807, 2.05) is 0 Å². The highest BCUT2D eigenvalue weighted by atomic mass is 35.5. The molecule has 0 atom stereocenters. The normalized spacial score (nSPS) is 14.5. The number of anilines is 1. The maximum absolute atomic E-state index is 13.3.